The molecule has 0 amide bonds. The second kappa shape index (κ2) is 12.8. The number of fused-ring (bicyclic) bond motifs is 9. The molecular weight excluding hydrogens is 717 g/mol. The molecule has 0 saturated heterocycles. The number of nitrogens with one attached hydrogen (secondary N) is 2. The molecule has 4 heterocycles. The van der Waals surface area contributed by atoms with E-state index in [9.17, 15) is 0 Å². The third-order valence-electron chi connectivity index (χ3n) is 11.5. The summed E-state index contributed by atoms with van der Waals surface area (Å²) in [6.07, 6.45) is -0.320. The highest BCUT2D eigenvalue weighted by atomic mass is 32.1. The molecule has 0 fully saturated rings. The highest BCUT2D eigenvalue weighted by molar-refractivity contribution is 7.26. The van der Waals surface area contributed by atoms with Gasteiger partial charge >= 0.3 is 0 Å². The molecule has 1 aliphatic rings. The summed E-state index contributed by atoms with van der Waals surface area (Å²) in [6.45, 7) is 0. The van der Waals surface area contributed by atoms with Gasteiger partial charge in [0.1, 0.15) is 29.3 Å². The predicted octanol–water partition coefficient (Wildman–Crippen LogP) is 13.1. The summed E-state index contributed by atoms with van der Waals surface area (Å²) in [6, 6.07) is 64.9. The van der Waals surface area contributed by atoms with Gasteiger partial charge in [-0.25, -0.2) is 4.99 Å². The van der Waals surface area contributed by atoms with Gasteiger partial charge in [0.25, 0.3) is 0 Å². The van der Waals surface area contributed by atoms with Crippen molar-refractivity contribution in [3.05, 3.63) is 199 Å². The fourth-order valence-corrected chi connectivity index (χ4v) is 10.0. The van der Waals surface area contributed by atoms with E-state index in [1.165, 1.54) is 53.1 Å². The fourth-order valence-electron chi connectivity index (χ4n) is 8.78. The average Bonchev–Trinajstić information content (AvgIpc) is 3.95. The molecule has 2 N–H and O–H groups in total. The van der Waals surface area contributed by atoms with Crippen LogP contribution >= 0.6 is 11.3 Å². The average molecular weight is 751 g/mol. The number of amidine groups is 1. The van der Waals surface area contributed by atoms with Gasteiger partial charge in [0.05, 0.1) is 11.0 Å². The van der Waals surface area contributed by atoms with Crippen LogP contribution in [0.2, 0.25) is 0 Å². The highest BCUT2D eigenvalue weighted by Crippen LogP contribution is 2.42. The lowest BCUT2D eigenvalue weighted by atomic mass is 9.99. The molecule has 3 aromatic heterocycles. The van der Waals surface area contributed by atoms with Gasteiger partial charge in [-0.05, 0) is 71.3 Å². The smallest absolute Gasteiger partial charge is 0.135 e. The van der Waals surface area contributed by atoms with E-state index in [1.807, 2.05) is 17.4 Å². The zero-order chi connectivity index (χ0) is 37.5. The minimum Gasteiger partial charge on any atom is -0.456 e. The van der Waals surface area contributed by atoms with Crippen LogP contribution in [0.5, 0.6) is 0 Å². The van der Waals surface area contributed by atoms with E-state index < -0.39 is 0 Å². The number of para-hydroxylation sites is 2. The van der Waals surface area contributed by atoms with E-state index in [0.717, 1.165) is 50.2 Å². The second-order valence-corrected chi connectivity index (χ2v) is 15.9. The lowest BCUT2D eigenvalue weighted by Gasteiger charge is -2.32. The predicted molar refractivity (Wildman–Crippen MR) is 238 cm³/mol. The lowest BCUT2D eigenvalue weighted by Crippen LogP contribution is -2.45. The summed E-state index contributed by atoms with van der Waals surface area (Å²) in [4.78, 5) is 5.13. The Balaban J connectivity index is 0.946. The fraction of sp³-hybridized carbons (Fsp3) is 0.0392. The third-order valence-corrected chi connectivity index (χ3v) is 12.7. The number of hydrogen-bond donors (Lipinski definition) is 2. The van der Waals surface area contributed by atoms with Crippen molar-refractivity contribution in [1.82, 2.24) is 15.2 Å². The Hall–Kier alpha value is -6.99. The van der Waals surface area contributed by atoms with Crippen molar-refractivity contribution < 1.29 is 4.42 Å². The number of rotatable bonds is 5. The monoisotopic (exact) mass is 750 g/mol. The molecule has 0 aliphatic carbocycles. The molecule has 0 saturated carbocycles. The molecule has 5 nitrogen and oxygen atoms in total. The first-order chi connectivity index (χ1) is 28.2. The first-order valence-electron chi connectivity index (χ1n) is 19.3. The van der Waals surface area contributed by atoms with Gasteiger partial charge in [0.2, 0.25) is 0 Å². The molecule has 11 aromatic rings. The molecule has 0 radical (unpaired) electrons. The SMILES string of the molecule is c1ccc(C2=NC(c3ccccc3)NC(c3cccc4c3sc3ccc(-c5ccc6oc7ccc(-n8c9ccccc9c9ccccc98)cc7c6c5)cc34)N2)cc1. The molecule has 1 aliphatic heterocycles. The molecular formula is C51H34N4OS. The molecule has 2 atom stereocenters. The molecule has 8 aromatic carbocycles. The van der Waals surface area contributed by atoms with Crippen molar-refractivity contribution in [2.45, 2.75) is 12.3 Å². The first kappa shape index (κ1) is 32.3. The van der Waals surface area contributed by atoms with Crippen molar-refractivity contribution in [3.8, 4) is 16.8 Å². The van der Waals surface area contributed by atoms with E-state index in [1.54, 1.807) is 0 Å². The number of benzene rings is 8. The topological polar surface area (TPSA) is 54.5 Å². The van der Waals surface area contributed by atoms with Crippen LogP contribution in [0, 0.1) is 0 Å². The number of hydrogen-bond acceptors (Lipinski definition) is 5. The quantitative estimate of drug-likeness (QED) is 0.184. The Morgan fingerprint density at radius 1 is 0.509 bits per heavy atom. The van der Waals surface area contributed by atoms with Crippen molar-refractivity contribution >= 4 is 81.1 Å². The first-order valence-corrected chi connectivity index (χ1v) is 20.2. The van der Waals surface area contributed by atoms with Gasteiger partial charge < -0.3 is 14.3 Å². The summed E-state index contributed by atoms with van der Waals surface area (Å²) < 4.78 is 11.3. The van der Waals surface area contributed by atoms with E-state index in [2.05, 4.69) is 191 Å². The van der Waals surface area contributed by atoms with Gasteiger partial charge in [0.15, 0.2) is 0 Å². The van der Waals surface area contributed by atoms with Crippen LogP contribution in [-0.4, -0.2) is 10.4 Å². The zero-order valence-electron chi connectivity index (χ0n) is 30.7. The van der Waals surface area contributed by atoms with Crippen LogP contribution in [0.15, 0.2) is 191 Å². The van der Waals surface area contributed by atoms with E-state index in [4.69, 9.17) is 9.41 Å². The number of aromatic nitrogens is 1. The summed E-state index contributed by atoms with van der Waals surface area (Å²) in [5.74, 6) is 0.887. The maximum atomic E-state index is 6.42. The largest absolute Gasteiger partial charge is 0.456 e. The maximum absolute atomic E-state index is 6.42. The molecule has 6 heteroatoms. The maximum Gasteiger partial charge on any atom is 0.135 e. The van der Waals surface area contributed by atoms with Gasteiger partial charge in [0, 0.05) is 58.5 Å². The molecule has 12 rings (SSSR count). The highest BCUT2D eigenvalue weighted by Gasteiger charge is 2.27. The Labute approximate surface area is 332 Å². The summed E-state index contributed by atoms with van der Waals surface area (Å²) in [7, 11) is 0. The number of thiophene rings is 1. The molecule has 0 bridgehead atoms. The zero-order valence-corrected chi connectivity index (χ0v) is 31.5. The standard InChI is InChI=1S/C51H34N4OS/c1-3-12-31(13-4-1)49-52-50(32-14-5-2-6-15-32)54-51(53-49)39-19-11-18-38-42-29-34(23-27-47(42)57-48(38)39)33-22-25-45-40(28-33)41-30-35(24-26-46(41)56-45)55-43-20-9-7-16-36(43)37-17-8-10-21-44(37)55/h1-30,49,51,53H,(H,52,54). The van der Waals surface area contributed by atoms with Crippen LogP contribution < -0.4 is 10.6 Å². The molecule has 270 valence electrons. The van der Waals surface area contributed by atoms with Crippen molar-refractivity contribution in [3.63, 3.8) is 0 Å². The van der Waals surface area contributed by atoms with Crippen LogP contribution in [-0.2, 0) is 0 Å². The number of aliphatic imine (C=N–C) groups is 1. The summed E-state index contributed by atoms with van der Waals surface area (Å²) >= 11 is 1.85. The van der Waals surface area contributed by atoms with Crippen molar-refractivity contribution in [1.29, 1.82) is 0 Å². The molecule has 57 heavy (non-hydrogen) atoms. The van der Waals surface area contributed by atoms with Crippen LogP contribution in [0.25, 0.3) is 80.7 Å². The minimum absolute atomic E-state index is 0.136. The minimum atomic E-state index is -0.184. The summed E-state index contributed by atoms with van der Waals surface area (Å²) in [5.41, 5.74) is 11.0. The van der Waals surface area contributed by atoms with Crippen molar-refractivity contribution in [2.24, 2.45) is 4.99 Å². The Morgan fingerprint density at radius 2 is 1.14 bits per heavy atom. The van der Waals surface area contributed by atoms with Crippen LogP contribution in [0.1, 0.15) is 29.0 Å². The van der Waals surface area contributed by atoms with Crippen LogP contribution in [0.4, 0.5) is 0 Å². The number of nitrogens with zero attached hydrogens (tertiary/aromatic N) is 2. The van der Waals surface area contributed by atoms with Gasteiger partial charge in [-0.2, -0.15) is 0 Å². The van der Waals surface area contributed by atoms with Crippen molar-refractivity contribution in [2.75, 3.05) is 0 Å². The second-order valence-electron chi connectivity index (χ2n) is 14.8. The van der Waals surface area contributed by atoms with Gasteiger partial charge in [-0.1, -0.05) is 127 Å². The number of furan rings is 1. The third kappa shape index (κ3) is 5.22. The normalized spacial score (nSPS) is 15.9. The Morgan fingerprint density at radius 3 is 1.91 bits per heavy atom. The van der Waals surface area contributed by atoms with Gasteiger partial charge in [-0.15, -0.1) is 11.3 Å². The lowest BCUT2D eigenvalue weighted by molar-refractivity contribution is 0.411. The van der Waals surface area contributed by atoms with Gasteiger partial charge in [-0.3, -0.25) is 5.32 Å². The van der Waals surface area contributed by atoms with E-state index >= 15 is 0 Å². The molecule has 2 unspecified atom stereocenters. The Kier molecular flexibility index (Phi) is 7.24. The van der Waals surface area contributed by atoms with E-state index in [0.29, 0.717) is 0 Å². The summed E-state index contributed by atoms with van der Waals surface area (Å²) in [5, 5.41) is 14.8. The molecule has 0 spiro atoms. The van der Waals surface area contributed by atoms with Crippen LogP contribution in [0.3, 0.4) is 0 Å². The van der Waals surface area contributed by atoms with E-state index in [-0.39, 0.29) is 12.3 Å². The Bertz CT molecular complexity index is 3320.